The predicted molar refractivity (Wildman–Crippen MR) is 86.0 cm³/mol. The Morgan fingerprint density at radius 3 is 2.86 bits per heavy atom. The molecule has 0 amide bonds. The lowest BCUT2D eigenvalue weighted by molar-refractivity contribution is 0.171. The van der Waals surface area contributed by atoms with Gasteiger partial charge in [0.2, 0.25) is 12.5 Å². The number of benzene rings is 1. The van der Waals surface area contributed by atoms with Crippen LogP contribution in [0.5, 0.6) is 17.2 Å². The third-order valence-electron chi connectivity index (χ3n) is 3.66. The van der Waals surface area contributed by atoms with Crippen LogP contribution in [0.2, 0.25) is 0 Å². The molecule has 1 atom stereocenters. The first kappa shape index (κ1) is 15.1. The molecule has 0 saturated carbocycles. The van der Waals surface area contributed by atoms with Crippen molar-refractivity contribution in [3.63, 3.8) is 0 Å². The topological polar surface area (TPSA) is 52.6 Å². The Bertz CT molecular complexity index is 684. The van der Waals surface area contributed by atoms with E-state index < -0.39 is 0 Å². The molecule has 2 aromatic rings. The van der Waals surface area contributed by atoms with Crippen molar-refractivity contribution in [3.05, 3.63) is 33.3 Å². The van der Waals surface area contributed by atoms with Crippen LogP contribution in [0.25, 0.3) is 0 Å². The summed E-state index contributed by atoms with van der Waals surface area (Å²) in [6.45, 7) is 7.23. The van der Waals surface area contributed by atoms with Gasteiger partial charge in [-0.25, -0.2) is 4.98 Å². The van der Waals surface area contributed by atoms with Crippen LogP contribution in [-0.4, -0.2) is 18.9 Å². The van der Waals surface area contributed by atoms with Gasteiger partial charge in [0.25, 0.3) is 0 Å². The Kier molecular flexibility index (Phi) is 4.22. The number of thiazole rings is 1. The molecule has 1 N–H and O–H groups in total. The van der Waals surface area contributed by atoms with Gasteiger partial charge in [-0.1, -0.05) is 0 Å². The van der Waals surface area contributed by atoms with Crippen molar-refractivity contribution < 1.29 is 14.2 Å². The standard InChI is InChI=1S/C16H20N2O3S/c1-9(16-10(2)18-11(3)22-16)17-7-12-5-13(19-4)15-14(6-12)20-8-21-15/h5-6,9,17H,7-8H2,1-4H3. The molecule has 0 radical (unpaired) electrons. The second kappa shape index (κ2) is 6.14. The average molecular weight is 320 g/mol. The lowest BCUT2D eigenvalue weighted by Gasteiger charge is -2.14. The molecule has 0 spiro atoms. The van der Waals surface area contributed by atoms with E-state index in [1.807, 2.05) is 19.1 Å². The van der Waals surface area contributed by atoms with Crippen LogP contribution in [0.15, 0.2) is 12.1 Å². The smallest absolute Gasteiger partial charge is 0.231 e. The van der Waals surface area contributed by atoms with E-state index in [-0.39, 0.29) is 12.8 Å². The van der Waals surface area contributed by atoms with Gasteiger partial charge in [0.15, 0.2) is 11.5 Å². The van der Waals surface area contributed by atoms with Crippen LogP contribution in [0.4, 0.5) is 0 Å². The third kappa shape index (κ3) is 2.89. The van der Waals surface area contributed by atoms with Crippen molar-refractivity contribution in [2.75, 3.05) is 13.9 Å². The van der Waals surface area contributed by atoms with Crippen LogP contribution in [0.1, 0.15) is 34.1 Å². The highest BCUT2D eigenvalue weighted by Crippen LogP contribution is 2.41. The van der Waals surface area contributed by atoms with Gasteiger partial charge in [-0.15, -0.1) is 11.3 Å². The molecular formula is C16H20N2O3S. The van der Waals surface area contributed by atoms with Crippen LogP contribution in [-0.2, 0) is 6.54 Å². The van der Waals surface area contributed by atoms with Crippen LogP contribution in [0, 0.1) is 13.8 Å². The minimum Gasteiger partial charge on any atom is -0.493 e. The SMILES string of the molecule is COc1cc(CNC(C)c2sc(C)nc2C)cc2c1OCO2. The summed E-state index contributed by atoms with van der Waals surface area (Å²) in [6.07, 6.45) is 0. The summed E-state index contributed by atoms with van der Waals surface area (Å²) in [5.74, 6) is 2.14. The molecule has 1 aliphatic rings. The minimum atomic E-state index is 0.248. The van der Waals surface area contributed by atoms with Gasteiger partial charge in [0, 0.05) is 17.5 Å². The fourth-order valence-corrected chi connectivity index (χ4v) is 3.55. The van der Waals surface area contributed by atoms with Crippen LogP contribution < -0.4 is 19.5 Å². The van der Waals surface area contributed by atoms with Crippen LogP contribution in [0.3, 0.4) is 0 Å². The molecule has 1 aromatic heterocycles. The van der Waals surface area contributed by atoms with Crippen molar-refractivity contribution in [2.24, 2.45) is 0 Å². The van der Waals surface area contributed by atoms with E-state index in [2.05, 4.69) is 24.1 Å². The lowest BCUT2D eigenvalue weighted by atomic mass is 10.1. The van der Waals surface area contributed by atoms with Gasteiger partial charge in [0.05, 0.1) is 17.8 Å². The Morgan fingerprint density at radius 2 is 2.18 bits per heavy atom. The second-order valence-electron chi connectivity index (χ2n) is 5.32. The molecule has 5 nitrogen and oxygen atoms in total. The van der Waals surface area contributed by atoms with E-state index >= 15 is 0 Å². The summed E-state index contributed by atoms with van der Waals surface area (Å²) in [6, 6.07) is 4.23. The molecule has 0 saturated heterocycles. The molecular weight excluding hydrogens is 300 g/mol. The Balaban J connectivity index is 1.73. The molecule has 6 heteroatoms. The zero-order valence-electron chi connectivity index (χ0n) is 13.2. The highest BCUT2D eigenvalue weighted by Gasteiger charge is 2.20. The minimum absolute atomic E-state index is 0.248. The monoisotopic (exact) mass is 320 g/mol. The maximum Gasteiger partial charge on any atom is 0.231 e. The molecule has 118 valence electrons. The van der Waals surface area contributed by atoms with Gasteiger partial charge in [-0.05, 0) is 38.5 Å². The van der Waals surface area contributed by atoms with Crippen molar-refractivity contribution in [1.82, 2.24) is 10.3 Å². The molecule has 0 fully saturated rings. The third-order valence-corrected chi connectivity index (χ3v) is 4.92. The fraction of sp³-hybridized carbons (Fsp3) is 0.438. The van der Waals surface area contributed by atoms with Crippen molar-refractivity contribution in [2.45, 2.75) is 33.4 Å². The molecule has 0 aliphatic carbocycles. The summed E-state index contributed by atoms with van der Waals surface area (Å²) in [7, 11) is 1.64. The fourth-order valence-electron chi connectivity index (χ4n) is 2.60. The van der Waals surface area contributed by atoms with E-state index in [1.54, 1.807) is 18.4 Å². The van der Waals surface area contributed by atoms with Gasteiger partial charge in [-0.2, -0.15) is 0 Å². The molecule has 1 aliphatic heterocycles. The Labute approximate surface area is 134 Å². The number of hydrogen-bond donors (Lipinski definition) is 1. The average Bonchev–Trinajstić information content (AvgIpc) is 3.09. The maximum absolute atomic E-state index is 5.46. The molecule has 22 heavy (non-hydrogen) atoms. The number of rotatable bonds is 5. The van der Waals surface area contributed by atoms with E-state index in [4.69, 9.17) is 14.2 Å². The molecule has 0 bridgehead atoms. The summed E-state index contributed by atoms with van der Waals surface area (Å²) in [4.78, 5) is 5.77. The first-order chi connectivity index (χ1) is 10.6. The number of aromatic nitrogens is 1. The molecule has 2 heterocycles. The van der Waals surface area contributed by atoms with E-state index in [0.717, 1.165) is 28.6 Å². The second-order valence-corrected chi connectivity index (χ2v) is 6.55. The lowest BCUT2D eigenvalue weighted by Crippen LogP contribution is -2.18. The quantitative estimate of drug-likeness (QED) is 0.915. The van der Waals surface area contributed by atoms with Gasteiger partial charge in [0.1, 0.15) is 0 Å². The highest BCUT2D eigenvalue weighted by atomic mass is 32.1. The summed E-state index contributed by atoms with van der Waals surface area (Å²) >= 11 is 1.74. The van der Waals surface area contributed by atoms with Crippen molar-refractivity contribution >= 4 is 11.3 Å². The van der Waals surface area contributed by atoms with Crippen molar-refractivity contribution in [3.8, 4) is 17.2 Å². The normalized spacial score (nSPS) is 14.2. The zero-order valence-corrected chi connectivity index (χ0v) is 14.0. The first-order valence-electron chi connectivity index (χ1n) is 7.22. The predicted octanol–water partition coefficient (Wildman–Crippen LogP) is 3.35. The number of fused-ring (bicyclic) bond motifs is 1. The summed E-state index contributed by atoms with van der Waals surface area (Å²) in [5.41, 5.74) is 2.21. The maximum atomic E-state index is 5.46. The summed E-state index contributed by atoms with van der Waals surface area (Å²) in [5, 5.41) is 4.63. The van der Waals surface area contributed by atoms with E-state index in [1.165, 1.54) is 4.88 Å². The molecule has 3 rings (SSSR count). The van der Waals surface area contributed by atoms with Crippen LogP contribution >= 0.6 is 11.3 Å². The number of aryl methyl sites for hydroxylation is 2. The largest absolute Gasteiger partial charge is 0.493 e. The number of nitrogens with zero attached hydrogens (tertiary/aromatic N) is 1. The number of ether oxygens (including phenoxy) is 3. The summed E-state index contributed by atoms with van der Waals surface area (Å²) < 4.78 is 16.2. The number of hydrogen-bond acceptors (Lipinski definition) is 6. The van der Waals surface area contributed by atoms with Gasteiger partial charge >= 0.3 is 0 Å². The highest BCUT2D eigenvalue weighted by molar-refractivity contribution is 7.11. The van der Waals surface area contributed by atoms with E-state index in [9.17, 15) is 0 Å². The first-order valence-corrected chi connectivity index (χ1v) is 8.04. The Hall–Kier alpha value is -1.79. The number of methoxy groups -OCH3 is 1. The molecule has 1 aromatic carbocycles. The van der Waals surface area contributed by atoms with Gasteiger partial charge in [-0.3, -0.25) is 0 Å². The number of nitrogens with one attached hydrogen (secondary N) is 1. The van der Waals surface area contributed by atoms with Crippen molar-refractivity contribution in [1.29, 1.82) is 0 Å². The zero-order chi connectivity index (χ0) is 15.7. The van der Waals surface area contributed by atoms with E-state index in [0.29, 0.717) is 11.5 Å². The Morgan fingerprint density at radius 1 is 1.36 bits per heavy atom. The molecule has 1 unspecified atom stereocenters. The van der Waals surface area contributed by atoms with Gasteiger partial charge < -0.3 is 19.5 Å².